The molecule has 0 aromatic heterocycles. The van der Waals surface area contributed by atoms with Gasteiger partial charge in [-0.05, 0) is 37.5 Å². The number of aromatic hydroxyl groups is 1. The Morgan fingerprint density at radius 3 is 2.42 bits per heavy atom. The molecule has 4 heteroatoms. The number of carbonyl (C=O) groups excluding carboxylic acids is 1. The van der Waals surface area contributed by atoms with Crippen LogP contribution in [0.2, 0.25) is 0 Å². The van der Waals surface area contributed by atoms with E-state index in [0.29, 0.717) is 12.6 Å². The third kappa shape index (κ3) is 6.82. The largest absolute Gasteiger partial charge is 0.508 e. The summed E-state index contributed by atoms with van der Waals surface area (Å²) in [5.41, 5.74) is 1.17. The molecule has 1 rings (SSSR count). The van der Waals surface area contributed by atoms with Crippen LogP contribution in [0.3, 0.4) is 0 Å². The van der Waals surface area contributed by atoms with Crippen molar-refractivity contribution >= 4 is 5.91 Å². The molecule has 3 N–H and O–H groups in total. The van der Waals surface area contributed by atoms with Crippen molar-refractivity contribution in [2.75, 3.05) is 6.54 Å². The van der Waals surface area contributed by atoms with Crippen molar-refractivity contribution in [2.45, 2.75) is 45.7 Å². The number of hydrogen-bond donors (Lipinski definition) is 3. The lowest BCUT2D eigenvalue weighted by Gasteiger charge is -2.15. The number of amides is 1. The van der Waals surface area contributed by atoms with Crippen LogP contribution < -0.4 is 10.6 Å². The number of hydrogen-bond acceptors (Lipinski definition) is 3. The van der Waals surface area contributed by atoms with Crippen LogP contribution in [0, 0.1) is 0 Å². The summed E-state index contributed by atoms with van der Waals surface area (Å²) in [5, 5.41) is 15.2. The fourth-order valence-corrected chi connectivity index (χ4v) is 1.74. The van der Waals surface area contributed by atoms with Gasteiger partial charge in [0.05, 0.1) is 6.54 Å². The zero-order valence-electron chi connectivity index (χ0n) is 11.9. The summed E-state index contributed by atoms with van der Waals surface area (Å²) in [6.45, 7) is 6.40. The van der Waals surface area contributed by atoms with Gasteiger partial charge in [0.2, 0.25) is 5.91 Å². The van der Waals surface area contributed by atoms with E-state index in [-0.39, 0.29) is 17.7 Å². The van der Waals surface area contributed by atoms with Crippen molar-refractivity contribution < 1.29 is 9.90 Å². The molecular weight excluding hydrogens is 240 g/mol. The topological polar surface area (TPSA) is 61.4 Å². The first-order chi connectivity index (χ1) is 8.97. The number of rotatable bonds is 7. The van der Waals surface area contributed by atoms with Crippen LogP contribution in [0.5, 0.6) is 5.75 Å². The van der Waals surface area contributed by atoms with Crippen molar-refractivity contribution in [1.29, 1.82) is 0 Å². The van der Waals surface area contributed by atoms with E-state index in [1.54, 1.807) is 12.1 Å². The number of carbonyl (C=O) groups is 1. The second-order valence-electron chi connectivity index (χ2n) is 5.21. The molecule has 0 radical (unpaired) electrons. The van der Waals surface area contributed by atoms with Crippen LogP contribution in [0.25, 0.3) is 0 Å². The monoisotopic (exact) mass is 264 g/mol. The van der Waals surface area contributed by atoms with E-state index < -0.39 is 0 Å². The molecule has 0 heterocycles. The summed E-state index contributed by atoms with van der Waals surface area (Å²) >= 11 is 0. The van der Waals surface area contributed by atoms with Crippen molar-refractivity contribution in [3.05, 3.63) is 29.8 Å². The maximum atomic E-state index is 11.6. The molecule has 0 spiro atoms. The Morgan fingerprint density at radius 1 is 1.21 bits per heavy atom. The van der Waals surface area contributed by atoms with Gasteiger partial charge in [0.1, 0.15) is 5.75 Å². The highest BCUT2D eigenvalue weighted by molar-refractivity contribution is 5.78. The molecule has 1 aromatic carbocycles. The zero-order chi connectivity index (χ0) is 14.3. The van der Waals surface area contributed by atoms with E-state index in [1.165, 1.54) is 5.56 Å². The van der Waals surface area contributed by atoms with Gasteiger partial charge in [-0.2, -0.15) is 0 Å². The normalized spacial score (nSPS) is 12.4. The van der Waals surface area contributed by atoms with Crippen LogP contribution in [0.1, 0.15) is 32.8 Å². The fraction of sp³-hybridized carbons (Fsp3) is 0.533. The second kappa shape index (κ2) is 7.79. The van der Waals surface area contributed by atoms with Gasteiger partial charge in [-0.3, -0.25) is 4.79 Å². The first-order valence-electron chi connectivity index (χ1n) is 6.78. The highest BCUT2D eigenvalue weighted by Crippen LogP contribution is 2.11. The predicted octanol–water partition coefficient (Wildman–Crippen LogP) is 1.83. The maximum Gasteiger partial charge on any atom is 0.234 e. The van der Waals surface area contributed by atoms with Crippen LogP contribution in [0.15, 0.2) is 24.3 Å². The molecule has 0 aliphatic carbocycles. The van der Waals surface area contributed by atoms with Gasteiger partial charge in [-0.1, -0.05) is 26.0 Å². The number of aryl methyl sites for hydroxylation is 1. The summed E-state index contributed by atoms with van der Waals surface area (Å²) < 4.78 is 0. The minimum absolute atomic E-state index is 0.0342. The lowest BCUT2D eigenvalue weighted by atomic mass is 10.1. The third-order valence-electron chi connectivity index (χ3n) is 2.88. The Morgan fingerprint density at radius 2 is 1.84 bits per heavy atom. The van der Waals surface area contributed by atoms with Crippen molar-refractivity contribution in [1.82, 2.24) is 10.6 Å². The van der Waals surface area contributed by atoms with Crippen molar-refractivity contribution in [3.8, 4) is 5.75 Å². The molecule has 1 atom stereocenters. The van der Waals surface area contributed by atoms with Gasteiger partial charge >= 0.3 is 0 Å². The predicted molar refractivity (Wildman–Crippen MR) is 77.2 cm³/mol. The number of phenolic OH excluding ortho intramolecular Hbond substituents is 1. The average molecular weight is 264 g/mol. The molecule has 1 aromatic rings. The Balaban J connectivity index is 2.25. The van der Waals surface area contributed by atoms with Gasteiger partial charge < -0.3 is 15.7 Å². The molecule has 1 unspecified atom stereocenters. The highest BCUT2D eigenvalue weighted by Gasteiger charge is 2.07. The van der Waals surface area contributed by atoms with E-state index >= 15 is 0 Å². The fourth-order valence-electron chi connectivity index (χ4n) is 1.74. The molecule has 0 saturated heterocycles. The van der Waals surface area contributed by atoms with E-state index in [1.807, 2.05) is 32.9 Å². The summed E-state index contributed by atoms with van der Waals surface area (Å²) in [4.78, 5) is 11.6. The summed E-state index contributed by atoms with van der Waals surface area (Å²) in [6.07, 6.45) is 1.78. The van der Waals surface area contributed by atoms with E-state index in [4.69, 9.17) is 0 Å². The minimum atomic E-state index is 0.0342. The molecule has 0 aliphatic rings. The number of benzene rings is 1. The smallest absolute Gasteiger partial charge is 0.234 e. The Kier molecular flexibility index (Phi) is 6.36. The molecule has 1 amide bonds. The van der Waals surface area contributed by atoms with Crippen LogP contribution in [-0.2, 0) is 11.2 Å². The third-order valence-corrected chi connectivity index (χ3v) is 2.88. The first-order valence-corrected chi connectivity index (χ1v) is 6.78. The Bertz CT molecular complexity index is 388. The molecule has 0 bridgehead atoms. The number of nitrogens with one attached hydrogen (secondary N) is 2. The molecular formula is C15H24N2O2. The van der Waals surface area contributed by atoms with Crippen molar-refractivity contribution in [2.24, 2.45) is 0 Å². The van der Waals surface area contributed by atoms with Gasteiger partial charge in [-0.25, -0.2) is 0 Å². The molecule has 106 valence electrons. The summed E-state index contributed by atoms with van der Waals surface area (Å²) in [6, 6.07) is 7.65. The van der Waals surface area contributed by atoms with Gasteiger partial charge in [0.15, 0.2) is 0 Å². The lowest BCUT2D eigenvalue weighted by Crippen LogP contribution is -2.41. The zero-order valence-corrected chi connectivity index (χ0v) is 11.9. The molecule has 0 aliphatic heterocycles. The molecule has 19 heavy (non-hydrogen) atoms. The lowest BCUT2D eigenvalue weighted by molar-refractivity contribution is -0.120. The van der Waals surface area contributed by atoms with Crippen LogP contribution in [-0.4, -0.2) is 29.6 Å². The van der Waals surface area contributed by atoms with Gasteiger partial charge in [0.25, 0.3) is 0 Å². The first kappa shape index (κ1) is 15.5. The highest BCUT2D eigenvalue weighted by atomic mass is 16.3. The number of phenols is 1. The molecule has 4 nitrogen and oxygen atoms in total. The van der Waals surface area contributed by atoms with Crippen molar-refractivity contribution in [3.63, 3.8) is 0 Å². The summed E-state index contributed by atoms with van der Waals surface area (Å²) in [7, 11) is 0. The van der Waals surface area contributed by atoms with Crippen LogP contribution >= 0.6 is 0 Å². The standard InChI is InChI=1S/C15H24N2O2/c1-11(2)16-10-15(19)17-12(3)4-5-13-6-8-14(18)9-7-13/h6-9,11-12,16,18H,4-5,10H2,1-3H3,(H,17,19). The summed E-state index contributed by atoms with van der Waals surface area (Å²) in [5.74, 6) is 0.316. The maximum absolute atomic E-state index is 11.6. The molecule has 0 fully saturated rings. The SMILES string of the molecule is CC(C)NCC(=O)NC(C)CCc1ccc(O)cc1. The van der Waals surface area contributed by atoms with E-state index in [0.717, 1.165) is 12.8 Å². The minimum Gasteiger partial charge on any atom is -0.508 e. The Labute approximate surface area is 115 Å². The average Bonchev–Trinajstić information content (AvgIpc) is 2.36. The Hall–Kier alpha value is -1.55. The second-order valence-corrected chi connectivity index (χ2v) is 5.21. The van der Waals surface area contributed by atoms with Gasteiger partial charge in [0, 0.05) is 12.1 Å². The van der Waals surface area contributed by atoms with E-state index in [9.17, 15) is 9.90 Å². The molecule has 0 saturated carbocycles. The van der Waals surface area contributed by atoms with Crippen LogP contribution in [0.4, 0.5) is 0 Å². The van der Waals surface area contributed by atoms with E-state index in [2.05, 4.69) is 10.6 Å². The quantitative estimate of drug-likeness (QED) is 0.704. The van der Waals surface area contributed by atoms with Gasteiger partial charge in [-0.15, -0.1) is 0 Å².